The van der Waals surface area contributed by atoms with Gasteiger partial charge in [-0.2, -0.15) is 5.26 Å². The number of hydrogen-bond acceptors (Lipinski definition) is 2. The average molecular weight is 663 g/mol. The van der Waals surface area contributed by atoms with Gasteiger partial charge in [0.1, 0.15) is 0 Å². The maximum atomic E-state index is 9.47. The van der Waals surface area contributed by atoms with Gasteiger partial charge in [0, 0.05) is 44.0 Å². The number of fused-ring (bicyclic) bond motifs is 7. The number of nitrogens with zero attached hydrogens (tertiary/aromatic N) is 4. The molecular weight excluding hydrogens is 633 g/mol. The van der Waals surface area contributed by atoms with E-state index >= 15 is 0 Å². The summed E-state index contributed by atoms with van der Waals surface area (Å²) < 4.78 is 4.72. The Hall–Kier alpha value is -7.22. The molecule has 0 unspecified atom stereocenters. The lowest BCUT2D eigenvalue weighted by molar-refractivity contribution is 1.17. The predicted octanol–water partition coefficient (Wildman–Crippen LogP) is 12.1. The Labute approximate surface area is 300 Å². The predicted molar refractivity (Wildman–Crippen MR) is 214 cm³/mol. The second-order valence-electron chi connectivity index (χ2n) is 13.1. The van der Waals surface area contributed by atoms with Crippen molar-refractivity contribution in [3.05, 3.63) is 188 Å². The molecule has 0 fully saturated rings. The highest BCUT2D eigenvalue weighted by atomic mass is 15.0. The van der Waals surface area contributed by atoms with Crippen molar-refractivity contribution in [2.24, 2.45) is 0 Å². The van der Waals surface area contributed by atoms with Crippen molar-refractivity contribution in [1.82, 2.24) is 14.1 Å². The second kappa shape index (κ2) is 12.0. The molecule has 0 radical (unpaired) electrons. The molecule has 3 aromatic heterocycles. The van der Waals surface area contributed by atoms with E-state index in [9.17, 15) is 5.26 Å². The SMILES string of the molecule is N#Cc1ccc(-n2c3ccccc3c3c2ccc2c4ccccc4n(-c4ccc(-c5cc(-c6ccccc6)cc(-c6ccccc6)n5)cc4)c23)cc1. The normalized spacial score (nSPS) is 11.4. The van der Waals surface area contributed by atoms with Crippen LogP contribution in [0, 0.1) is 11.3 Å². The number of hydrogen-bond donors (Lipinski definition) is 0. The van der Waals surface area contributed by atoms with Crippen LogP contribution in [-0.4, -0.2) is 14.1 Å². The third-order valence-corrected chi connectivity index (χ3v) is 10.1. The van der Waals surface area contributed by atoms with E-state index in [0.29, 0.717) is 5.56 Å². The summed E-state index contributed by atoms with van der Waals surface area (Å²) >= 11 is 0. The molecule has 0 atom stereocenters. The summed E-state index contributed by atoms with van der Waals surface area (Å²) in [7, 11) is 0. The van der Waals surface area contributed by atoms with Crippen LogP contribution >= 0.6 is 0 Å². The molecule has 10 rings (SSSR count). The van der Waals surface area contributed by atoms with Gasteiger partial charge in [0.2, 0.25) is 0 Å². The van der Waals surface area contributed by atoms with Crippen LogP contribution in [0.15, 0.2) is 182 Å². The van der Waals surface area contributed by atoms with Gasteiger partial charge in [-0.05, 0) is 77.9 Å². The summed E-state index contributed by atoms with van der Waals surface area (Å²) in [6.45, 7) is 0. The molecule has 0 spiro atoms. The molecule has 7 aromatic carbocycles. The number of aromatic nitrogens is 3. The van der Waals surface area contributed by atoms with Crippen molar-refractivity contribution in [2.45, 2.75) is 0 Å². The molecule has 0 N–H and O–H groups in total. The largest absolute Gasteiger partial charge is 0.309 e. The van der Waals surface area contributed by atoms with Crippen molar-refractivity contribution in [1.29, 1.82) is 5.26 Å². The van der Waals surface area contributed by atoms with Gasteiger partial charge >= 0.3 is 0 Å². The fourth-order valence-electron chi connectivity index (χ4n) is 7.75. The van der Waals surface area contributed by atoms with E-state index in [0.717, 1.165) is 61.6 Å². The van der Waals surface area contributed by atoms with E-state index in [2.05, 4.69) is 167 Å². The van der Waals surface area contributed by atoms with Gasteiger partial charge in [-0.15, -0.1) is 0 Å². The molecule has 4 nitrogen and oxygen atoms in total. The monoisotopic (exact) mass is 662 g/mol. The highest BCUT2D eigenvalue weighted by Crippen LogP contribution is 2.42. The fraction of sp³-hybridized carbons (Fsp3) is 0. The Morgan fingerprint density at radius 3 is 1.62 bits per heavy atom. The highest BCUT2D eigenvalue weighted by Gasteiger charge is 2.21. The zero-order chi connectivity index (χ0) is 34.6. The lowest BCUT2D eigenvalue weighted by Gasteiger charge is -2.12. The van der Waals surface area contributed by atoms with Crippen molar-refractivity contribution < 1.29 is 0 Å². The summed E-state index contributed by atoms with van der Waals surface area (Å²) in [6.07, 6.45) is 0. The van der Waals surface area contributed by atoms with Crippen LogP contribution in [0.2, 0.25) is 0 Å². The molecule has 242 valence electrons. The summed E-state index contributed by atoms with van der Waals surface area (Å²) in [6, 6.07) is 66.0. The lowest BCUT2D eigenvalue weighted by atomic mass is 10.00. The molecule has 4 heteroatoms. The van der Waals surface area contributed by atoms with E-state index < -0.39 is 0 Å². The van der Waals surface area contributed by atoms with Gasteiger partial charge in [0.05, 0.1) is 45.1 Å². The zero-order valence-corrected chi connectivity index (χ0v) is 28.1. The second-order valence-corrected chi connectivity index (χ2v) is 13.1. The molecule has 0 aliphatic carbocycles. The van der Waals surface area contributed by atoms with Crippen molar-refractivity contribution in [2.75, 3.05) is 0 Å². The summed E-state index contributed by atoms with van der Waals surface area (Å²) in [5, 5.41) is 14.3. The van der Waals surface area contributed by atoms with Crippen molar-refractivity contribution in [3.8, 4) is 51.1 Å². The minimum absolute atomic E-state index is 0.647. The number of nitriles is 1. The van der Waals surface area contributed by atoms with Gasteiger partial charge < -0.3 is 9.13 Å². The summed E-state index contributed by atoms with van der Waals surface area (Å²) in [4.78, 5) is 5.18. The van der Waals surface area contributed by atoms with Crippen molar-refractivity contribution >= 4 is 43.6 Å². The minimum atomic E-state index is 0.647. The first-order valence-corrected chi connectivity index (χ1v) is 17.4. The van der Waals surface area contributed by atoms with Crippen molar-refractivity contribution in [3.63, 3.8) is 0 Å². The van der Waals surface area contributed by atoms with Crippen LogP contribution in [-0.2, 0) is 0 Å². The first-order valence-electron chi connectivity index (χ1n) is 17.4. The molecule has 0 saturated carbocycles. The van der Waals surface area contributed by atoms with Gasteiger partial charge in [-0.25, -0.2) is 4.98 Å². The van der Waals surface area contributed by atoms with Gasteiger partial charge in [0.15, 0.2) is 0 Å². The van der Waals surface area contributed by atoms with Gasteiger partial charge in [0.25, 0.3) is 0 Å². The van der Waals surface area contributed by atoms with Crippen LogP contribution < -0.4 is 0 Å². The van der Waals surface area contributed by atoms with Gasteiger partial charge in [-0.3, -0.25) is 0 Å². The molecule has 0 aliphatic rings. The number of benzene rings is 7. The molecule has 0 saturated heterocycles. The fourth-order valence-corrected chi connectivity index (χ4v) is 7.75. The minimum Gasteiger partial charge on any atom is -0.309 e. The summed E-state index contributed by atoms with van der Waals surface area (Å²) in [5.41, 5.74) is 13.7. The molecule has 3 heterocycles. The Balaban J connectivity index is 1.19. The highest BCUT2D eigenvalue weighted by molar-refractivity contribution is 6.26. The molecular formula is C48H30N4. The Morgan fingerprint density at radius 2 is 0.942 bits per heavy atom. The van der Waals surface area contributed by atoms with E-state index in [1.165, 1.54) is 27.1 Å². The quantitative estimate of drug-likeness (QED) is 0.184. The van der Waals surface area contributed by atoms with E-state index in [4.69, 9.17) is 4.98 Å². The van der Waals surface area contributed by atoms with Crippen LogP contribution in [0.3, 0.4) is 0 Å². The molecule has 0 aliphatic heterocycles. The summed E-state index contributed by atoms with van der Waals surface area (Å²) in [5.74, 6) is 0. The number of rotatable bonds is 5. The van der Waals surface area contributed by atoms with Crippen LogP contribution in [0.1, 0.15) is 5.56 Å². The Morgan fingerprint density at radius 1 is 0.404 bits per heavy atom. The third kappa shape index (κ3) is 4.72. The standard InChI is InChI=1S/C48H30N4/c49-31-32-19-23-37(24-20-32)51-45-18-10-8-16-41(45)47-46(51)28-27-40-39-15-7-9-17-44(39)52(48(40)47)38-25-21-35(22-26-38)43-30-36(33-11-3-1-4-12-33)29-42(50-43)34-13-5-2-6-14-34/h1-30H. The lowest BCUT2D eigenvalue weighted by Crippen LogP contribution is -1.96. The molecule has 0 bridgehead atoms. The maximum absolute atomic E-state index is 9.47. The number of para-hydroxylation sites is 2. The van der Waals surface area contributed by atoms with E-state index in [-0.39, 0.29) is 0 Å². The Bertz CT molecular complexity index is 2920. The van der Waals surface area contributed by atoms with Crippen LogP contribution in [0.5, 0.6) is 0 Å². The van der Waals surface area contributed by atoms with Crippen LogP contribution in [0.25, 0.3) is 88.6 Å². The zero-order valence-electron chi connectivity index (χ0n) is 28.1. The van der Waals surface area contributed by atoms with Crippen LogP contribution in [0.4, 0.5) is 0 Å². The molecule has 52 heavy (non-hydrogen) atoms. The van der Waals surface area contributed by atoms with E-state index in [1.54, 1.807) is 0 Å². The first kappa shape index (κ1) is 29.7. The third-order valence-electron chi connectivity index (χ3n) is 10.1. The average Bonchev–Trinajstić information content (AvgIpc) is 3.74. The molecule has 10 aromatic rings. The topological polar surface area (TPSA) is 46.5 Å². The Kier molecular flexibility index (Phi) is 6.84. The molecule has 0 amide bonds. The van der Waals surface area contributed by atoms with Gasteiger partial charge in [-0.1, -0.05) is 115 Å². The first-order chi connectivity index (χ1) is 25.7. The maximum Gasteiger partial charge on any atom is 0.0991 e. The smallest absolute Gasteiger partial charge is 0.0991 e. The number of pyridine rings is 1. The van der Waals surface area contributed by atoms with E-state index in [1.807, 2.05) is 30.3 Å².